The van der Waals surface area contributed by atoms with Crippen molar-refractivity contribution in [3.8, 4) is 0 Å². The van der Waals surface area contributed by atoms with Crippen LogP contribution in [0.15, 0.2) is 46.1 Å². The van der Waals surface area contributed by atoms with Gasteiger partial charge in [-0.05, 0) is 12.1 Å². The topological polar surface area (TPSA) is 228 Å². The Morgan fingerprint density at radius 1 is 1.16 bits per heavy atom. The molecule has 4 heterocycles. The van der Waals surface area contributed by atoms with Crippen LogP contribution in [0.5, 0.6) is 0 Å². The van der Waals surface area contributed by atoms with Crippen molar-refractivity contribution < 1.29 is 48.2 Å². The highest BCUT2D eigenvalue weighted by atomic mass is 32.2. The Kier molecular flexibility index (Phi) is 7.96. The van der Waals surface area contributed by atoms with Crippen LogP contribution in [0.1, 0.15) is 33.3 Å². The number of nitrogens with one attached hydrogen (secondary N) is 1. The molecule has 3 aliphatic heterocycles. The van der Waals surface area contributed by atoms with E-state index in [-0.39, 0.29) is 45.6 Å². The molecule has 43 heavy (non-hydrogen) atoms. The first-order valence-electron chi connectivity index (χ1n) is 12.3. The number of aromatic nitrogens is 1. The summed E-state index contributed by atoms with van der Waals surface area (Å²) < 4.78 is 4.90. The van der Waals surface area contributed by atoms with Crippen LogP contribution in [-0.4, -0.2) is 97.5 Å². The standard InChI is InChI=1S/C25H20N6O10S2/c1-10(32)40-7-11-8-42-23-17(22(37)31(23)18(11)24(38)39)28-19(34)16(14-9-43-25(26)27-14)29-41-15(33)6-30-20(35)12-4-2-3-5-13(12)21(30)36/h2-5,9,17,23H,6-8H2,1H3,(H2,26,27)(H,28,34)(H,38,39)/t17?,23-/m1/s1. The van der Waals surface area contributed by atoms with E-state index in [2.05, 4.69) is 15.5 Å². The highest BCUT2D eigenvalue weighted by Crippen LogP contribution is 2.40. The summed E-state index contributed by atoms with van der Waals surface area (Å²) in [6.45, 7) is 0.0569. The van der Waals surface area contributed by atoms with Gasteiger partial charge in [0.05, 0.1) is 11.1 Å². The SMILES string of the molecule is CC(=O)OCC1=C(C(=O)O)N2C(=O)C(NC(=O)C(=NOC(=O)CN3C(=O)c4ccccc4C3=O)c3csc(N)n3)[C@H]2SC1. The fourth-order valence-corrected chi connectivity index (χ4v) is 6.31. The number of anilines is 1. The lowest BCUT2D eigenvalue weighted by atomic mass is 10.0. The zero-order valence-corrected chi connectivity index (χ0v) is 23.6. The number of aliphatic carboxylic acids is 1. The Morgan fingerprint density at radius 2 is 1.84 bits per heavy atom. The van der Waals surface area contributed by atoms with Crippen molar-refractivity contribution in [3.05, 3.63) is 57.7 Å². The zero-order valence-electron chi connectivity index (χ0n) is 22.0. The summed E-state index contributed by atoms with van der Waals surface area (Å²) in [6, 6.07) is 4.84. The molecule has 0 radical (unpaired) electrons. The van der Waals surface area contributed by atoms with E-state index in [1.165, 1.54) is 17.5 Å². The van der Waals surface area contributed by atoms with Crippen molar-refractivity contribution in [1.29, 1.82) is 0 Å². The summed E-state index contributed by atoms with van der Waals surface area (Å²) in [5, 5.41) is 16.4. The Hall–Kier alpha value is -5.10. The first-order valence-corrected chi connectivity index (χ1v) is 14.2. The summed E-state index contributed by atoms with van der Waals surface area (Å²) in [6.07, 6.45) is 0. The van der Waals surface area contributed by atoms with Crippen LogP contribution in [0.25, 0.3) is 0 Å². The van der Waals surface area contributed by atoms with Gasteiger partial charge >= 0.3 is 17.9 Å². The lowest BCUT2D eigenvalue weighted by Gasteiger charge is -2.49. The molecule has 2 atom stereocenters. The number of rotatable bonds is 9. The molecule has 18 heteroatoms. The number of esters is 1. The molecule has 0 saturated carbocycles. The van der Waals surface area contributed by atoms with E-state index < -0.39 is 65.2 Å². The number of nitrogen functional groups attached to an aromatic ring is 1. The fourth-order valence-electron chi connectivity index (χ4n) is 4.43. The molecule has 0 spiro atoms. The molecule has 0 aliphatic carbocycles. The molecule has 222 valence electrons. The number of hydrogen-bond acceptors (Lipinski definition) is 14. The predicted octanol–water partition coefficient (Wildman–Crippen LogP) is -0.429. The number of thiazole rings is 1. The number of imide groups is 1. The number of carbonyl (C=O) groups excluding carboxylic acids is 6. The minimum atomic E-state index is -1.41. The quantitative estimate of drug-likeness (QED) is 0.0801. The van der Waals surface area contributed by atoms with Crippen LogP contribution in [0.3, 0.4) is 0 Å². The number of β-lactam (4-membered cyclic amide) rings is 1. The molecule has 16 nitrogen and oxygen atoms in total. The smallest absolute Gasteiger partial charge is 0.354 e. The fraction of sp³-hybridized carbons (Fsp3) is 0.240. The highest BCUT2D eigenvalue weighted by Gasteiger charge is 2.54. The molecule has 0 bridgehead atoms. The second kappa shape index (κ2) is 11.6. The van der Waals surface area contributed by atoms with Gasteiger partial charge in [0.1, 0.15) is 36.0 Å². The van der Waals surface area contributed by atoms with E-state index in [4.69, 9.17) is 15.3 Å². The summed E-state index contributed by atoms with van der Waals surface area (Å²) in [5.41, 5.74) is 5.16. The highest BCUT2D eigenvalue weighted by molar-refractivity contribution is 8.00. The predicted molar refractivity (Wildman–Crippen MR) is 147 cm³/mol. The van der Waals surface area contributed by atoms with Gasteiger partial charge in [-0.2, -0.15) is 0 Å². The molecular weight excluding hydrogens is 608 g/mol. The Morgan fingerprint density at radius 3 is 2.42 bits per heavy atom. The van der Waals surface area contributed by atoms with E-state index in [9.17, 15) is 38.7 Å². The van der Waals surface area contributed by atoms with E-state index >= 15 is 0 Å². The molecule has 1 aromatic carbocycles. The van der Waals surface area contributed by atoms with Crippen molar-refractivity contribution in [2.24, 2.45) is 5.16 Å². The molecule has 1 saturated heterocycles. The molecule has 1 unspecified atom stereocenters. The average molecular weight is 629 g/mol. The second-order valence-electron chi connectivity index (χ2n) is 9.11. The summed E-state index contributed by atoms with van der Waals surface area (Å²) >= 11 is 2.09. The van der Waals surface area contributed by atoms with Crippen molar-refractivity contribution in [1.82, 2.24) is 20.1 Å². The van der Waals surface area contributed by atoms with Crippen LogP contribution < -0.4 is 11.1 Å². The van der Waals surface area contributed by atoms with Crippen LogP contribution in [0.4, 0.5) is 5.13 Å². The maximum Gasteiger partial charge on any atom is 0.354 e. The van der Waals surface area contributed by atoms with Crippen molar-refractivity contribution in [3.63, 3.8) is 0 Å². The van der Waals surface area contributed by atoms with Crippen LogP contribution in [-0.2, 0) is 33.5 Å². The number of ether oxygens (including phenoxy) is 1. The zero-order chi connectivity index (χ0) is 31.0. The van der Waals surface area contributed by atoms with Crippen molar-refractivity contribution >= 4 is 75.5 Å². The van der Waals surface area contributed by atoms with Crippen LogP contribution in [0.2, 0.25) is 0 Å². The van der Waals surface area contributed by atoms with Gasteiger partial charge in [0, 0.05) is 23.6 Å². The molecule has 3 aliphatic rings. The summed E-state index contributed by atoms with van der Waals surface area (Å²) in [5.74, 6) is -6.21. The van der Waals surface area contributed by atoms with E-state index in [1.807, 2.05) is 0 Å². The first-order chi connectivity index (χ1) is 20.5. The van der Waals surface area contributed by atoms with E-state index in [0.717, 1.165) is 34.9 Å². The number of thioether (sulfide) groups is 1. The maximum absolute atomic E-state index is 13.2. The second-order valence-corrected chi connectivity index (χ2v) is 11.1. The third kappa shape index (κ3) is 5.56. The van der Waals surface area contributed by atoms with Gasteiger partial charge in [-0.1, -0.05) is 17.3 Å². The van der Waals surface area contributed by atoms with Gasteiger partial charge in [-0.25, -0.2) is 14.6 Å². The van der Waals surface area contributed by atoms with Gasteiger partial charge in [0.15, 0.2) is 10.8 Å². The number of benzene rings is 1. The van der Waals surface area contributed by atoms with Gasteiger partial charge in [0.2, 0.25) is 0 Å². The number of fused-ring (bicyclic) bond motifs is 2. The lowest BCUT2D eigenvalue weighted by Crippen LogP contribution is -2.71. The number of hydrogen-bond donors (Lipinski definition) is 3. The molecule has 1 fully saturated rings. The third-order valence-electron chi connectivity index (χ3n) is 6.37. The van der Waals surface area contributed by atoms with Gasteiger partial charge in [-0.3, -0.25) is 33.8 Å². The lowest BCUT2D eigenvalue weighted by molar-refractivity contribution is -0.150. The maximum atomic E-state index is 13.2. The molecule has 4 N–H and O–H groups in total. The Balaban J connectivity index is 1.30. The third-order valence-corrected chi connectivity index (χ3v) is 8.38. The number of carboxylic acids is 1. The van der Waals surface area contributed by atoms with Crippen LogP contribution >= 0.6 is 23.1 Å². The van der Waals surface area contributed by atoms with Crippen molar-refractivity contribution in [2.45, 2.75) is 18.3 Å². The van der Waals surface area contributed by atoms with Crippen LogP contribution in [0, 0.1) is 0 Å². The molecule has 4 amide bonds. The molecular formula is C25H20N6O10S2. The normalized spacial score (nSPS) is 19.5. The van der Waals surface area contributed by atoms with Crippen molar-refractivity contribution in [2.75, 3.05) is 24.6 Å². The monoisotopic (exact) mass is 628 g/mol. The first kappa shape index (κ1) is 29.4. The number of nitrogens with two attached hydrogens (primary N) is 1. The Bertz CT molecular complexity index is 1630. The number of carboxylic acid groups (broad SMARTS) is 1. The van der Waals surface area contributed by atoms with Gasteiger partial charge in [0.25, 0.3) is 23.6 Å². The minimum Gasteiger partial charge on any atom is -0.477 e. The van der Waals surface area contributed by atoms with Gasteiger partial charge < -0.3 is 25.7 Å². The molecule has 5 rings (SSSR count). The number of oxime groups is 1. The van der Waals surface area contributed by atoms with E-state index in [0.29, 0.717) is 4.90 Å². The number of carbonyl (C=O) groups is 7. The largest absolute Gasteiger partial charge is 0.477 e. The van der Waals surface area contributed by atoms with Gasteiger partial charge in [-0.15, -0.1) is 23.1 Å². The Labute approximate surface area is 249 Å². The molecule has 1 aromatic heterocycles. The summed E-state index contributed by atoms with van der Waals surface area (Å²) in [4.78, 5) is 97.5. The van der Waals surface area contributed by atoms with E-state index in [1.54, 1.807) is 12.1 Å². The minimum absolute atomic E-state index is 0.0538. The number of nitrogens with zero attached hydrogens (tertiary/aromatic N) is 4. The number of amides is 4. The molecule has 2 aromatic rings. The summed E-state index contributed by atoms with van der Waals surface area (Å²) in [7, 11) is 0. The average Bonchev–Trinajstić information content (AvgIpc) is 3.50.